The number of carboxylic acids is 1. The van der Waals surface area contributed by atoms with E-state index in [0.717, 1.165) is 29.1 Å². The Morgan fingerprint density at radius 1 is 1.25 bits per heavy atom. The maximum Gasteiger partial charge on any atom is 0.333 e. The highest BCUT2D eigenvalue weighted by atomic mass is 16.7. The molecule has 2 aliphatic heterocycles. The van der Waals surface area contributed by atoms with Gasteiger partial charge in [-0.05, 0) is 56.1 Å². The average Bonchev–Trinajstić information content (AvgIpc) is 3.78. The van der Waals surface area contributed by atoms with Gasteiger partial charge >= 0.3 is 11.9 Å². The number of carboxylic acid groups (broad SMARTS) is 1. The first-order valence-electron chi connectivity index (χ1n) is 17.2. The van der Waals surface area contributed by atoms with E-state index in [1.54, 1.807) is 19.1 Å². The predicted octanol–water partition coefficient (Wildman–Crippen LogP) is 1.74. The zero-order valence-electron chi connectivity index (χ0n) is 28.1. The number of esters is 1. The minimum atomic E-state index is -2.04. The summed E-state index contributed by atoms with van der Waals surface area (Å²) in [7, 11) is 1.22. The van der Waals surface area contributed by atoms with Crippen molar-refractivity contribution in [2.24, 2.45) is 17.8 Å². The first kappa shape index (κ1) is 36.3. The van der Waals surface area contributed by atoms with E-state index in [1.165, 1.54) is 26.0 Å². The van der Waals surface area contributed by atoms with Gasteiger partial charge in [0, 0.05) is 41.3 Å². The van der Waals surface area contributed by atoms with Gasteiger partial charge in [-0.3, -0.25) is 4.79 Å². The molecule has 266 valence electrons. The molecule has 12 nitrogen and oxygen atoms in total. The Labute approximate surface area is 280 Å². The second kappa shape index (κ2) is 14.9. The summed E-state index contributed by atoms with van der Waals surface area (Å²) >= 11 is 0. The van der Waals surface area contributed by atoms with E-state index < -0.39 is 66.2 Å². The lowest BCUT2D eigenvalue weighted by atomic mass is 9.73. The molecular formula is C36H51NO11. The van der Waals surface area contributed by atoms with Crippen LogP contribution in [0.3, 0.4) is 0 Å². The van der Waals surface area contributed by atoms with Crippen molar-refractivity contribution < 1.29 is 54.1 Å². The number of aliphatic carboxylic acids is 1. The SMILES string of the molecule is C=C[C@@H]1[C@H](CC(=O)O)C(C(=O)OC)=CC[C@H]1O[C@@H]1O[C@H](CO)[C@]2(C=c3cc([C@H](C)C4CCCC4)[nH]c3=C(CCCO)O2)[C@H](O)[C@]1(O)CC. The molecule has 48 heavy (non-hydrogen) atoms. The molecule has 0 unspecified atom stereocenters. The Kier molecular flexibility index (Phi) is 11.2. The van der Waals surface area contributed by atoms with Crippen LogP contribution in [0.15, 0.2) is 30.4 Å². The number of aliphatic hydroxyl groups excluding tert-OH is 3. The Morgan fingerprint density at radius 3 is 2.58 bits per heavy atom. The van der Waals surface area contributed by atoms with Crippen molar-refractivity contribution >= 4 is 23.8 Å². The van der Waals surface area contributed by atoms with Crippen LogP contribution in [-0.4, -0.2) is 98.6 Å². The van der Waals surface area contributed by atoms with Gasteiger partial charge in [0.15, 0.2) is 11.9 Å². The Morgan fingerprint density at radius 2 is 1.98 bits per heavy atom. The molecule has 0 amide bonds. The molecule has 1 spiro atoms. The molecule has 0 radical (unpaired) electrons. The quantitative estimate of drug-likeness (QED) is 0.132. The van der Waals surface area contributed by atoms with Gasteiger partial charge in [-0.1, -0.05) is 38.8 Å². The van der Waals surface area contributed by atoms with Crippen molar-refractivity contribution in [1.82, 2.24) is 4.98 Å². The molecule has 4 aliphatic rings. The fourth-order valence-corrected chi connectivity index (χ4v) is 8.23. The molecule has 12 heteroatoms. The van der Waals surface area contributed by atoms with E-state index in [-0.39, 0.29) is 37.4 Å². The number of methoxy groups -OCH3 is 1. The number of rotatable bonds is 13. The van der Waals surface area contributed by atoms with E-state index in [4.69, 9.17) is 18.9 Å². The van der Waals surface area contributed by atoms with Gasteiger partial charge in [-0.15, -0.1) is 6.58 Å². The third-order valence-electron chi connectivity index (χ3n) is 11.1. The lowest BCUT2D eigenvalue weighted by Gasteiger charge is -2.55. The van der Waals surface area contributed by atoms with Crippen LogP contribution in [0.2, 0.25) is 0 Å². The summed E-state index contributed by atoms with van der Waals surface area (Å²) in [6.07, 6.45) is 4.92. The van der Waals surface area contributed by atoms with Crippen molar-refractivity contribution in [3.05, 3.63) is 46.6 Å². The van der Waals surface area contributed by atoms with E-state index in [9.17, 15) is 35.1 Å². The van der Waals surface area contributed by atoms with Crippen LogP contribution < -0.4 is 10.6 Å². The summed E-state index contributed by atoms with van der Waals surface area (Å²) in [5.74, 6) is -1.97. The number of H-pyrrole nitrogens is 1. The number of aromatic nitrogens is 1. The number of fused-ring (bicyclic) bond motifs is 1. The molecule has 5 rings (SSSR count). The molecule has 2 aliphatic carbocycles. The summed E-state index contributed by atoms with van der Waals surface area (Å²) in [4.78, 5) is 27.9. The second-order valence-corrected chi connectivity index (χ2v) is 13.7. The fraction of sp³-hybridized carbons (Fsp3) is 0.667. The monoisotopic (exact) mass is 673 g/mol. The van der Waals surface area contributed by atoms with Gasteiger partial charge in [-0.2, -0.15) is 0 Å². The Bertz CT molecular complexity index is 1500. The molecule has 6 N–H and O–H groups in total. The second-order valence-electron chi connectivity index (χ2n) is 13.7. The molecule has 2 fully saturated rings. The molecule has 1 saturated carbocycles. The van der Waals surface area contributed by atoms with E-state index in [0.29, 0.717) is 24.5 Å². The van der Waals surface area contributed by atoms with Crippen LogP contribution in [0.5, 0.6) is 0 Å². The Hall–Kier alpha value is -3.00. The zero-order chi connectivity index (χ0) is 34.8. The largest absolute Gasteiger partial charge is 0.481 e. The summed E-state index contributed by atoms with van der Waals surface area (Å²) in [6, 6.07) is 2.04. The normalized spacial score (nSPS) is 34.1. The summed E-state index contributed by atoms with van der Waals surface area (Å²) in [5.41, 5.74) is -2.51. The van der Waals surface area contributed by atoms with Crippen molar-refractivity contribution in [1.29, 1.82) is 0 Å². The Balaban J connectivity index is 1.51. The molecular weight excluding hydrogens is 622 g/mol. The number of aromatic amines is 1. The smallest absolute Gasteiger partial charge is 0.333 e. The predicted molar refractivity (Wildman–Crippen MR) is 174 cm³/mol. The molecule has 1 aromatic rings. The number of carbonyl (C=O) groups is 2. The average molecular weight is 674 g/mol. The molecule has 1 aromatic heterocycles. The van der Waals surface area contributed by atoms with Gasteiger partial charge in [0.05, 0.1) is 31.6 Å². The highest BCUT2D eigenvalue weighted by Crippen LogP contribution is 2.46. The number of hydrogen-bond acceptors (Lipinski definition) is 10. The van der Waals surface area contributed by atoms with Crippen molar-refractivity contribution in [2.45, 2.75) is 113 Å². The highest BCUT2D eigenvalue weighted by molar-refractivity contribution is 5.90. The van der Waals surface area contributed by atoms with Gasteiger partial charge < -0.3 is 49.5 Å². The standard InChI is InChI=1S/C36H51NO11/c1-5-23-25(17-30(40)41)24(32(42)45-4)13-14-27(23)46-34-35(44,6-2)33(43)36(29(19-39)47-34)18-22-16-26(20(3)21-10-7-8-11-21)37-31(22)28(48-36)12-9-15-38/h5,13,16,18,20-21,23,25,27,29,33-34,37-39,43-44H,1,6-12,14-15,17,19H2,2-4H3,(H,40,41)/t20-,23-,25+,27-,29-,33-,34-,35-,36-/m1/s1. The third kappa shape index (κ3) is 6.50. The van der Waals surface area contributed by atoms with E-state index >= 15 is 0 Å². The number of carbonyl (C=O) groups excluding carboxylic acids is 1. The van der Waals surface area contributed by atoms with Crippen LogP contribution in [0.1, 0.15) is 83.2 Å². The fourth-order valence-electron chi connectivity index (χ4n) is 8.23. The topological polar surface area (TPSA) is 188 Å². The number of aliphatic hydroxyl groups is 4. The maximum absolute atomic E-state index is 12.5. The van der Waals surface area contributed by atoms with Gasteiger partial charge in [0.2, 0.25) is 0 Å². The van der Waals surface area contributed by atoms with Gasteiger partial charge in [0.1, 0.15) is 23.6 Å². The molecule has 0 aromatic carbocycles. The van der Waals surface area contributed by atoms with E-state index in [1.807, 2.05) is 6.07 Å². The number of hydrogen-bond donors (Lipinski definition) is 6. The van der Waals surface area contributed by atoms with Gasteiger partial charge in [-0.25, -0.2) is 4.79 Å². The first-order chi connectivity index (χ1) is 23.0. The molecule has 1 saturated heterocycles. The number of ether oxygens (including phenoxy) is 4. The highest BCUT2D eigenvalue weighted by Gasteiger charge is 2.64. The molecule has 0 bridgehead atoms. The van der Waals surface area contributed by atoms with Crippen molar-refractivity contribution in [2.75, 3.05) is 20.3 Å². The lowest BCUT2D eigenvalue weighted by molar-refractivity contribution is -0.365. The minimum absolute atomic E-state index is 0.0286. The van der Waals surface area contributed by atoms with Crippen LogP contribution in [0.25, 0.3) is 11.8 Å². The lowest BCUT2D eigenvalue weighted by Crippen LogP contribution is -2.74. The van der Waals surface area contributed by atoms with Crippen LogP contribution in [0, 0.1) is 17.8 Å². The van der Waals surface area contributed by atoms with E-state index in [2.05, 4.69) is 18.5 Å². The minimum Gasteiger partial charge on any atom is -0.481 e. The molecule has 3 heterocycles. The van der Waals surface area contributed by atoms with Crippen molar-refractivity contribution in [3.63, 3.8) is 0 Å². The van der Waals surface area contributed by atoms with Crippen LogP contribution in [-0.2, 0) is 28.5 Å². The summed E-state index contributed by atoms with van der Waals surface area (Å²) in [6.45, 7) is 7.09. The summed E-state index contributed by atoms with van der Waals surface area (Å²) < 4.78 is 24.2. The third-order valence-corrected chi connectivity index (χ3v) is 11.1. The van der Waals surface area contributed by atoms with Gasteiger partial charge in [0.25, 0.3) is 0 Å². The number of nitrogens with one attached hydrogen (secondary N) is 1. The van der Waals surface area contributed by atoms with Crippen LogP contribution in [0.4, 0.5) is 0 Å². The maximum atomic E-state index is 12.5. The zero-order valence-corrected chi connectivity index (χ0v) is 28.1. The first-order valence-corrected chi connectivity index (χ1v) is 17.2. The van der Waals surface area contributed by atoms with Crippen LogP contribution >= 0.6 is 0 Å². The van der Waals surface area contributed by atoms with Crippen molar-refractivity contribution in [3.8, 4) is 0 Å². The molecule has 9 atom stereocenters. The summed E-state index contributed by atoms with van der Waals surface area (Å²) in [5, 5.41) is 56.0.